The van der Waals surface area contributed by atoms with E-state index < -0.39 is 0 Å². The van der Waals surface area contributed by atoms with E-state index in [0.717, 1.165) is 36.7 Å². The Hall–Kier alpha value is -2.66. The summed E-state index contributed by atoms with van der Waals surface area (Å²) in [6.07, 6.45) is 2.06. The van der Waals surface area contributed by atoms with Gasteiger partial charge in [-0.3, -0.25) is 9.69 Å². The second kappa shape index (κ2) is 7.16. The Balaban J connectivity index is 1.58. The van der Waals surface area contributed by atoms with Gasteiger partial charge in [-0.05, 0) is 31.5 Å². The third kappa shape index (κ3) is 3.60. The predicted octanol–water partition coefficient (Wildman–Crippen LogP) is 3.06. The van der Waals surface area contributed by atoms with Crippen LogP contribution in [0.2, 0.25) is 0 Å². The summed E-state index contributed by atoms with van der Waals surface area (Å²) in [5.41, 5.74) is 4.79. The number of carbonyl (C=O) groups is 1. The summed E-state index contributed by atoms with van der Waals surface area (Å²) in [4.78, 5) is 18.9. The molecule has 0 bridgehead atoms. The highest BCUT2D eigenvalue weighted by Gasteiger charge is 2.34. The number of nitrogens with zero attached hydrogens (tertiary/aromatic N) is 3. The van der Waals surface area contributed by atoms with Crippen LogP contribution >= 0.6 is 0 Å². The molecule has 0 unspecified atom stereocenters. The normalized spacial score (nSPS) is 20.3. The molecule has 2 aromatic heterocycles. The van der Waals surface area contributed by atoms with E-state index in [2.05, 4.69) is 64.1 Å². The molecule has 1 aliphatic rings. The summed E-state index contributed by atoms with van der Waals surface area (Å²) < 4.78 is 2.13. The molecule has 1 aliphatic heterocycles. The lowest BCUT2D eigenvalue weighted by molar-refractivity contribution is -0.119. The SMILES string of the molecule is CC(=O)N[C@@H]1CN(Cc2nc(C)n3ccccc23)C[C@H]1c1ccc(C)cc1. The van der Waals surface area contributed by atoms with Gasteiger partial charge in [0.2, 0.25) is 5.91 Å². The molecule has 0 spiro atoms. The van der Waals surface area contributed by atoms with E-state index >= 15 is 0 Å². The maximum atomic E-state index is 11.7. The first-order valence-electron chi connectivity index (χ1n) is 9.50. The highest BCUT2D eigenvalue weighted by molar-refractivity contribution is 5.73. The highest BCUT2D eigenvalue weighted by atomic mass is 16.1. The van der Waals surface area contributed by atoms with Crippen molar-refractivity contribution in [3.63, 3.8) is 0 Å². The lowest BCUT2D eigenvalue weighted by atomic mass is 9.93. The third-order valence-electron chi connectivity index (χ3n) is 5.46. The summed E-state index contributed by atoms with van der Waals surface area (Å²) in [5, 5.41) is 3.16. The Morgan fingerprint density at radius 1 is 1.15 bits per heavy atom. The second-order valence-corrected chi connectivity index (χ2v) is 7.58. The van der Waals surface area contributed by atoms with Gasteiger partial charge in [-0.25, -0.2) is 4.98 Å². The van der Waals surface area contributed by atoms with E-state index in [9.17, 15) is 4.79 Å². The molecular weight excluding hydrogens is 336 g/mol. The van der Waals surface area contributed by atoms with Gasteiger partial charge in [0.05, 0.1) is 11.2 Å². The number of rotatable bonds is 4. The van der Waals surface area contributed by atoms with Gasteiger partial charge in [0.25, 0.3) is 0 Å². The average Bonchev–Trinajstić information content (AvgIpc) is 3.17. The van der Waals surface area contributed by atoms with E-state index in [1.807, 2.05) is 13.0 Å². The number of carbonyl (C=O) groups excluding carboxylic acids is 1. The fraction of sp³-hybridized carbons (Fsp3) is 0.364. The van der Waals surface area contributed by atoms with Crippen LogP contribution in [0.1, 0.15) is 35.5 Å². The highest BCUT2D eigenvalue weighted by Crippen LogP contribution is 2.29. The number of hydrogen-bond acceptors (Lipinski definition) is 3. The van der Waals surface area contributed by atoms with Crippen molar-refractivity contribution in [3.8, 4) is 0 Å². The third-order valence-corrected chi connectivity index (χ3v) is 5.46. The first-order valence-corrected chi connectivity index (χ1v) is 9.50. The summed E-state index contributed by atoms with van der Waals surface area (Å²) in [7, 11) is 0. The van der Waals surface area contributed by atoms with Gasteiger partial charge in [-0.1, -0.05) is 35.9 Å². The first-order chi connectivity index (χ1) is 13.0. The van der Waals surface area contributed by atoms with Crippen molar-refractivity contribution < 1.29 is 4.79 Å². The van der Waals surface area contributed by atoms with E-state index in [0.29, 0.717) is 5.92 Å². The zero-order valence-electron chi connectivity index (χ0n) is 16.1. The summed E-state index contributed by atoms with van der Waals surface area (Å²) >= 11 is 0. The molecule has 5 nitrogen and oxygen atoms in total. The Morgan fingerprint density at radius 3 is 2.67 bits per heavy atom. The number of nitrogens with one attached hydrogen (secondary N) is 1. The van der Waals surface area contributed by atoms with Crippen molar-refractivity contribution in [1.82, 2.24) is 19.6 Å². The van der Waals surface area contributed by atoms with Crippen molar-refractivity contribution in [1.29, 1.82) is 0 Å². The van der Waals surface area contributed by atoms with E-state index in [4.69, 9.17) is 4.98 Å². The lowest BCUT2D eigenvalue weighted by Crippen LogP contribution is -2.38. The number of likely N-dealkylation sites (tertiary alicyclic amines) is 1. The van der Waals surface area contributed by atoms with Crippen LogP contribution in [0.5, 0.6) is 0 Å². The fourth-order valence-corrected chi connectivity index (χ4v) is 4.17. The van der Waals surface area contributed by atoms with Gasteiger partial charge in [-0.15, -0.1) is 0 Å². The van der Waals surface area contributed by atoms with Gasteiger partial charge in [0, 0.05) is 44.7 Å². The Morgan fingerprint density at radius 2 is 1.93 bits per heavy atom. The lowest BCUT2D eigenvalue weighted by Gasteiger charge is -2.19. The number of pyridine rings is 1. The van der Waals surface area contributed by atoms with Crippen LogP contribution in [-0.4, -0.2) is 39.3 Å². The molecule has 27 heavy (non-hydrogen) atoms. The Labute approximate surface area is 160 Å². The molecule has 2 atom stereocenters. The largest absolute Gasteiger partial charge is 0.352 e. The molecule has 1 saturated heterocycles. The number of amides is 1. The minimum atomic E-state index is 0.0299. The van der Waals surface area contributed by atoms with Crippen molar-refractivity contribution in [3.05, 3.63) is 71.3 Å². The minimum Gasteiger partial charge on any atom is -0.352 e. The van der Waals surface area contributed by atoms with Crippen LogP contribution in [-0.2, 0) is 11.3 Å². The van der Waals surface area contributed by atoms with Crippen LogP contribution in [0, 0.1) is 13.8 Å². The summed E-state index contributed by atoms with van der Waals surface area (Å²) in [6.45, 7) is 8.28. The Kier molecular flexibility index (Phi) is 4.70. The quantitative estimate of drug-likeness (QED) is 0.776. The van der Waals surface area contributed by atoms with Gasteiger partial charge in [0.1, 0.15) is 5.82 Å². The van der Waals surface area contributed by atoms with E-state index in [1.165, 1.54) is 11.1 Å². The predicted molar refractivity (Wildman–Crippen MR) is 107 cm³/mol. The zero-order valence-corrected chi connectivity index (χ0v) is 16.1. The van der Waals surface area contributed by atoms with Gasteiger partial charge >= 0.3 is 0 Å². The van der Waals surface area contributed by atoms with Gasteiger partial charge < -0.3 is 9.72 Å². The molecule has 0 saturated carbocycles. The number of aromatic nitrogens is 2. The number of imidazole rings is 1. The molecule has 1 aromatic carbocycles. The summed E-state index contributed by atoms with van der Waals surface area (Å²) in [6, 6.07) is 15.0. The molecular formula is C22H26N4O. The van der Waals surface area contributed by atoms with Crippen LogP contribution < -0.4 is 5.32 Å². The molecule has 5 heteroatoms. The molecule has 0 radical (unpaired) electrons. The van der Waals surface area contributed by atoms with Crippen molar-refractivity contribution in [2.24, 2.45) is 0 Å². The number of aryl methyl sites for hydroxylation is 2. The standard InChI is InChI=1S/C22H26N4O/c1-15-7-9-18(10-8-15)19-12-25(13-20(19)24-17(3)27)14-21-22-6-4-5-11-26(22)16(2)23-21/h4-11,19-20H,12-14H2,1-3H3,(H,24,27)/t19-,20+/m0/s1. The van der Waals surface area contributed by atoms with Crippen molar-refractivity contribution in [2.45, 2.75) is 39.3 Å². The molecule has 3 heterocycles. The maximum Gasteiger partial charge on any atom is 0.217 e. The zero-order chi connectivity index (χ0) is 19.0. The van der Waals surface area contributed by atoms with Crippen molar-refractivity contribution >= 4 is 11.4 Å². The van der Waals surface area contributed by atoms with Crippen LogP contribution in [0.4, 0.5) is 0 Å². The maximum absolute atomic E-state index is 11.7. The summed E-state index contributed by atoms with van der Waals surface area (Å²) in [5.74, 6) is 1.33. The smallest absolute Gasteiger partial charge is 0.217 e. The Bertz CT molecular complexity index is 960. The van der Waals surface area contributed by atoms with Gasteiger partial charge in [-0.2, -0.15) is 0 Å². The molecule has 1 fully saturated rings. The molecule has 3 aromatic rings. The number of hydrogen-bond donors (Lipinski definition) is 1. The van der Waals surface area contributed by atoms with Crippen molar-refractivity contribution in [2.75, 3.05) is 13.1 Å². The molecule has 4 rings (SSSR count). The monoisotopic (exact) mass is 362 g/mol. The number of fused-ring (bicyclic) bond motifs is 1. The average molecular weight is 362 g/mol. The molecule has 0 aliphatic carbocycles. The van der Waals surface area contributed by atoms with Crippen LogP contribution in [0.3, 0.4) is 0 Å². The first kappa shape index (κ1) is 17.7. The van der Waals surface area contributed by atoms with Crippen LogP contribution in [0.25, 0.3) is 5.52 Å². The fourth-order valence-electron chi connectivity index (χ4n) is 4.17. The van der Waals surface area contributed by atoms with Crippen LogP contribution in [0.15, 0.2) is 48.7 Å². The molecule has 1 N–H and O–H groups in total. The second-order valence-electron chi connectivity index (χ2n) is 7.58. The minimum absolute atomic E-state index is 0.0299. The van der Waals surface area contributed by atoms with Gasteiger partial charge in [0.15, 0.2) is 0 Å². The topological polar surface area (TPSA) is 49.6 Å². The van der Waals surface area contributed by atoms with E-state index in [1.54, 1.807) is 6.92 Å². The molecule has 1 amide bonds. The molecule has 140 valence electrons. The number of benzene rings is 1. The van der Waals surface area contributed by atoms with E-state index in [-0.39, 0.29) is 11.9 Å².